The highest BCUT2D eigenvalue weighted by atomic mass is 14.8. The summed E-state index contributed by atoms with van der Waals surface area (Å²) in [5, 5.41) is 5.12. The topological polar surface area (TPSA) is 28.7 Å². The molecule has 0 aliphatic heterocycles. The van der Waals surface area contributed by atoms with Crippen LogP contribution in [0.25, 0.3) is 44.2 Å². The highest BCUT2D eigenvalue weighted by Gasteiger charge is 2.20. The molecule has 0 amide bonds. The van der Waals surface area contributed by atoms with Gasteiger partial charge in [0.05, 0.1) is 11.4 Å². The maximum absolute atomic E-state index is 4.74. The molecule has 2 heteroatoms. The van der Waals surface area contributed by atoms with Crippen molar-refractivity contribution in [3.63, 3.8) is 0 Å². The zero-order valence-electron chi connectivity index (χ0n) is 22.3. The van der Waals surface area contributed by atoms with E-state index in [1.54, 1.807) is 0 Å². The summed E-state index contributed by atoms with van der Waals surface area (Å²) in [7, 11) is 0. The number of aromatic amines is 1. The number of nitrogens with one attached hydrogen (secondary N) is 1. The van der Waals surface area contributed by atoms with Gasteiger partial charge in [0.2, 0.25) is 0 Å². The van der Waals surface area contributed by atoms with Crippen molar-refractivity contribution >= 4 is 21.5 Å². The third-order valence-corrected chi connectivity index (χ3v) is 7.11. The van der Waals surface area contributed by atoms with Crippen molar-refractivity contribution in [2.45, 2.75) is 66.2 Å². The number of rotatable bonds is 2. The minimum absolute atomic E-state index is 0.0809. The van der Waals surface area contributed by atoms with Gasteiger partial charge in [-0.2, -0.15) is 0 Å². The van der Waals surface area contributed by atoms with E-state index in [0.717, 1.165) is 17.1 Å². The monoisotopic (exact) mass is 460 g/mol. The number of aryl methyl sites for hydroxylation is 2. The molecule has 5 rings (SSSR count). The number of pyridine rings is 1. The second kappa shape index (κ2) is 8.09. The molecule has 3 aromatic carbocycles. The number of benzene rings is 3. The van der Waals surface area contributed by atoms with Crippen LogP contribution >= 0.6 is 0 Å². The Morgan fingerprint density at radius 1 is 0.629 bits per heavy atom. The first kappa shape index (κ1) is 23.4. The lowest BCUT2D eigenvalue weighted by Crippen LogP contribution is -2.11. The van der Waals surface area contributed by atoms with Gasteiger partial charge in [0.15, 0.2) is 0 Å². The number of H-pyrrole nitrogens is 1. The fourth-order valence-electron chi connectivity index (χ4n) is 5.01. The summed E-state index contributed by atoms with van der Waals surface area (Å²) in [4.78, 5) is 8.49. The Labute approximate surface area is 209 Å². The van der Waals surface area contributed by atoms with Crippen LogP contribution in [0.3, 0.4) is 0 Å². The van der Waals surface area contributed by atoms with Gasteiger partial charge < -0.3 is 4.98 Å². The Bertz CT molecular complexity index is 1500. The molecule has 0 radical (unpaired) electrons. The van der Waals surface area contributed by atoms with Crippen LogP contribution in [0, 0.1) is 13.8 Å². The second-order valence-electron chi connectivity index (χ2n) is 12.1. The summed E-state index contributed by atoms with van der Waals surface area (Å²) in [5.41, 5.74) is 9.70. The zero-order chi connectivity index (χ0) is 25.1. The fourth-order valence-corrected chi connectivity index (χ4v) is 5.01. The zero-order valence-corrected chi connectivity index (χ0v) is 22.3. The highest BCUT2D eigenvalue weighted by molar-refractivity contribution is 6.12. The molecule has 0 saturated carbocycles. The van der Waals surface area contributed by atoms with Crippen molar-refractivity contribution in [2.75, 3.05) is 0 Å². The smallest absolute Gasteiger partial charge is 0.0893 e. The Morgan fingerprint density at radius 2 is 1.17 bits per heavy atom. The van der Waals surface area contributed by atoms with Gasteiger partial charge in [-0.1, -0.05) is 71.9 Å². The lowest BCUT2D eigenvalue weighted by atomic mass is 9.82. The van der Waals surface area contributed by atoms with Gasteiger partial charge in [0.1, 0.15) is 0 Å². The number of nitrogens with zero attached hydrogens (tertiary/aromatic N) is 1. The molecule has 2 nitrogen and oxygen atoms in total. The van der Waals surface area contributed by atoms with E-state index in [9.17, 15) is 0 Å². The van der Waals surface area contributed by atoms with E-state index >= 15 is 0 Å². The Hall–Kier alpha value is -3.39. The molecule has 0 spiro atoms. The fraction of sp³-hybridized carbons (Fsp3) is 0.303. The largest absolute Gasteiger partial charge is 0.353 e. The molecule has 0 saturated heterocycles. The molecule has 2 heterocycles. The van der Waals surface area contributed by atoms with Gasteiger partial charge in [-0.15, -0.1) is 0 Å². The van der Waals surface area contributed by atoms with E-state index in [1.807, 2.05) is 6.20 Å². The summed E-state index contributed by atoms with van der Waals surface area (Å²) < 4.78 is 0. The van der Waals surface area contributed by atoms with Crippen LogP contribution in [0.2, 0.25) is 0 Å². The van der Waals surface area contributed by atoms with Gasteiger partial charge in [-0.25, -0.2) is 0 Å². The molecule has 0 fully saturated rings. The standard InChI is InChI=1S/C33H36N2/c1-20-15-21(2)31(34-19-20)29-14-13-28(35-29)30-26-17-24(32(3,4)5)11-9-22(26)16-23-10-12-25(18-27(23)30)33(6,7)8/h9-19,35H,1-8H3. The molecule has 0 atom stereocenters. The first-order valence-electron chi connectivity index (χ1n) is 12.6. The van der Waals surface area contributed by atoms with Crippen molar-refractivity contribution in [3.05, 3.63) is 89.1 Å². The summed E-state index contributed by atoms with van der Waals surface area (Å²) >= 11 is 0. The minimum Gasteiger partial charge on any atom is -0.353 e. The van der Waals surface area contributed by atoms with Crippen molar-refractivity contribution in [1.82, 2.24) is 9.97 Å². The third kappa shape index (κ3) is 4.27. The van der Waals surface area contributed by atoms with Crippen LogP contribution in [0.4, 0.5) is 0 Å². The summed E-state index contributed by atoms with van der Waals surface area (Å²) in [6.07, 6.45) is 1.95. The lowest BCUT2D eigenvalue weighted by Gasteiger charge is -2.22. The molecule has 178 valence electrons. The number of hydrogen-bond acceptors (Lipinski definition) is 1. The van der Waals surface area contributed by atoms with Gasteiger partial charge in [0.25, 0.3) is 0 Å². The van der Waals surface area contributed by atoms with Crippen LogP contribution in [0.15, 0.2) is 66.9 Å². The molecule has 35 heavy (non-hydrogen) atoms. The van der Waals surface area contributed by atoms with E-state index in [4.69, 9.17) is 4.98 Å². The third-order valence-electron chi connectivity index (χ3n) is 7.11. The SMILES string of the molecule is Cc1cnc(-c2ccc(-c3c4cc(C(C)(C)C)ccc4cc4ccc(C(C)(C)C)cc34)[nH]2)c(C)c1. The van der Waals surface area contributed by atoms with E-state index in [1.165, 1.54) is 49.4 Å². The molecular weight excluding hydrogens is 424 g/mol. The van der Waals surface area contributed by atoms with Gasteiger partial charge in [0, 0.05) is 17.5 Å². The lowest BCUT2D eigenvalue weighted by molar-refractivity contribution is 0.591. The molecule has 0 bridgehead atoms. The van der Waals surface area contributed by atoms with Crippen molar-refractivity contribution in [3.8, 4) is 22.6 Å². The van der Waals surface area contributed by atoms with Crippen molar-refractivity contribution in [2.24, 2.45) is 0 Å². The number of aromatic nitrogens is 2. The van der Waals surface area contributed by atoms with Gasteiger partial charge >= 0.3 is 0 Å². The molecular formula is C33H36N2. The van der Waals surface area contributed by atoms with E-state index in [0.29, 0.717) is 0 Å². The first-order valence-corrected chi connectivity index (χ1v) is 12.6. The summed E-state index contributed by atoms with van der Waals surface area (Å²) in [6, 6.07) is 22.8. The Balaban J connectivity index is 1.83. The average molecular weight is 461 g/mol. The average Bonchev–Trinajstić information content (AvgIpc) is 3.24. The van der Waals surface area contributed by atoms with Crippen LogP contribution in [0.1, 0.15) is 63.8 Å². The highest BCUT2D eigenvalue weighted by Crippen LogP contribution is 2.40. The molecule has 1 N–H and O–H groups in total. The molecule has 2 aromatic heterocycles. The Kier molecular flexibility index (Phi) is 5.40. The predicted octanol–water partition coefficient (Wildman–Crippen LogP) is 9.26. The van der Waals surface area contributed by atoms with Crippen LogP contribution < -0.4 is 0 Å². The summed E-state index contributed by atoms with van der Waals surface area (Å²) in [6.45, 7) is 17.9. The molecule has 0 unspecified atom stereocenters. The number of hydrogen-bond donors (Lipinski definition) is 1. The van der Waals surface area contributed by atoms with Gasteiger partial charge in [-0.3, -0.25) is 4.98 Å². The van der Waals surface area contributed by atoms with Crippen LogP contribution in [-0.4, -0.2) is 9.97 Å². The number of fused-ring (bicyclic) bond motifs is 2. The summed E-state index contributed by atoms with van der Waals surface area (Å²) in [5.74, 6) is 0. The first-order chi connectivity index (χ1) is 16.4. The Morgan fingerprint density at radius 3 is 1.69 bits per heavy atom. The minimum atomic E-state index is 0.0809. The predicted molar refractivity (Wildman–Crippen MR) is 151 cm³/mol. The maximum atomic E-state index is 4.74. The van der Waals surface area contributed by atoms with Crippen LogP contribution in [-0.2, 0) is 10.8 Å². The van der Waals surface area contributed by atoms with Crippen molar-refractivity contribution < 1.29 is 0 Å². The van der Waals surface area contributed by atoms with E-state index in [-0.39, 0.29) is 10.8 Å². The van der Waals surface area contributed by atoms with E-state index < -0.39 is 0 Å². The van der Waals surface area contributed by atoms with Crippen molar-refractivity contribution in [1.29, 1.82) is 0 Å². The normalized spacial score (nSPS) is 12.6. The van der Waals surface area contributed by atoms with Crippen LogP contribution in [0.5, 0.6) is 0 Å². The molecule has 0 aliphatic carbocycles. The van der Waals surface area contributed by atoms with Gasteiger partial charge in [-0.05, 0) is 98.8 Å². The molecule has 5 aromatic rings. The van der Waals surface area contributed by atoms with E-state index in [2.05, 4.69) is 121 Å². The molecule has 0 aliphatic rings. The second-order valence-corrected chi connectivity index (χ2v) is 12.1. The maximum Gasteiger partial charge on any atom is 0.0893 e. The quantitative estimate of drug-likeness (QED) is 0.261.